The molecule has 4 rings (SSSR count). The molecule has 0 radical (unpaired) electrons. The van der Waals surface area contributed by atoms with Gasteiger partial charge in [0, 0.05) is 12.1 Å². The van der Waals surface area contributed by atoms with Crippen molar-refractivity contribution in [2.45, 2.75) is 13.5 Å². The van der Waals surface area contributed by atoms with E-state index >= 15 is 0 Å². The normalized spacial score (nSPS) is 14.4. The van der Waals surface area contributed by atoms with Gasteiger partial charge in [-0.2, -0.15) is 0 Å². The van der Waals surface area contributed by atoms with Crippen LogP contribution in [-0.4, -0.2) is 34.5 Å². The number of urea groups is 1. The highest BCUT2D eigenvalue weighted by Crippen LogP contribution is 2.36. The first kappa shape index (κ1) is 26.6. The third-order valence-electron chi connectivity index (χ3n) is 5.38. The summed E-state index contributed by atoms with van der Waals surface area (Å²) >= 11 is 2.04. The van der Waals surface area contributed by atoms with Crippen molar-refractivity contribution in [2.24, 2.45) is 0 Å². The number of anilines is 1. The quantitative estimate of drug-likeness (QED) is 0.121. The van der Waals surface area contributed by atoms with E-state index in [0.717, 1.165) is 4.90 Å². The third kappa shape index (κ3) is 5.75. The van der Waals surface area contributed by atoms with Crippen molar-refractivity contribution in [1.29, 1.82) is 0 Å². The summed E-state index contributed by atoms with van der Waals surface area (Å²) in [5, 5.41) is 22.5. The second kappa shape index (κ2) is 11.3. The van der Waals surface area contributed by atoms with Gasteiger partial charge < -0.3 is 14.6 Å². The average molecular weight is 629 g/mol. The van der Waals surface area contributed by atoms with Gasteiger partial charge in [-0.15, -0.1) is 0 Å². The number of nitro benzene ring substituents is 1. The zero-order valence-corrected chi connectivity index (χ0v) is 22.0. The molecule has 0 spiro atoms. The number of hydrogen-bond donors (Lipinski definition) is 2. The van der Waals surface area contributed by atoms with Gasteiger partial charge in [0.05, 0.1) is 20.8 Å². The van der Waals surface area contributed by atoms with Gasteiger partial charge in [0.2, 0.25) is 0 Å². The molecule has 0 bridgehead atoms. The lowest BCUT2D eigenvalue weighted by Crippen LogP contribution is -2.54. The fourth-order valence-electron chi connectivity index (χ4n) is 3.60. The van der Waals surface area contributed by atoms with Crippen molar-refractivity contribution in [3.8, 4) is 17.2 Å². The summed E-state index contributed by atoms with van der Waals surface area (Å²) in [5.41, 5.74) is 1.06. The van der Waals surface area contributed by atoms with Gasteiger partial charge >= 0.3 is 6.03 Å². The number of barbiturate groups is 1. The largest absolute Gasteiger partial charge is 0.508 e. The van der Waals surface area contributed by atoms with Crippen molar-refractivity contribution in [2.75, 3.05) is 11.5 Å². The van der Waals surface area contributed by atoms with E-state index in [9.17, 15) is 29.6 Å². The molecule has 3 aromatic carbocycles. The minimum absolute atomic E-state index is 0.0253. The number of rotatable bonds is 8. The lowest BCUT2D eigenvalue weighted by Gasteiger charge is -2.26. The molecule has 1 aliphatic rings. The van der Waals surface area contributed by atoms with E-state index in [1.54, 1.807) is 31.2 Å². The Bertz CT molecular complexity index is 1450. The van der Waals surface area contributed by atoms with E-state index in [0.29, 0.717) is 32.8 Å². The average Bonchev–Trinajstić information content (AvgIpc) is 2.87. The van der Waals surface area contributed by atoms with Crippen LogP contribution >= 0.6 is 22.6 Å². The lowest BCUT2D eigenvalue weighted by atomic mass is 10.1. The molecule has 12 heteroatoms. The van der Waals surface area contributed by atoms with Crippen LogP contribution in [0.3, 0.4) is 0 Å². The second-order valence-electron chi connectivity index (χ2n) is 7.95. The Labute approximate surface area is 230 Å². The van der Waals surface area contributed by atoms with Crippen LogP contribution in [0, 0.1) is 13.7 Å². The first-order valence-electron chi connectivity index (χ1n) is 11.2. The molecular weight excluding hydrogens is 609 g/mol. The molecule has 194 valence electrons. The minimum atomic E-state index is -0.901. The number of aromatic hydroxyl groups is 1. The minimum Gasteiger partial charge on any atom is -0.508 e. The number of non-ortho nitro benzene ring substituents is 1. The molecule has 1 saturated heterocycles. The number of benzene rings is 3. The number of amides is 4. The number of halogens is 1. The molecule has 1 fully saturated rings. The van der Waals surface area contributed by atoms with Crippen molar-refractivity contribution in [3.63, 3.8) is 0 Å². The smallest absolute Gasteiger partial charge is 0.335 e. The molecule has 0 aromatic heterocycles. The van der Waals surface area contributed by atoms with Crippen LogP contribution in [0.25, 0.3) is 6.08 Å². The van der Waals surface area contributed by atoms with Crippen LogP contribution in [0.5, 0.6) is 17.2 Å². The van der Waals surface area contributed by atoms with E-state index in [-0.39, 0.29) is 29.3 Å². The monoisotopic (exact) mass is 629 g/mol. The summed E-state index contributed by atoms with van der Waals surface area (Å²) in [6, 6.07) is 13.8. The number of carbonyl (C=O) groups excluding carboxylic acids is 3. The van der Waals surface area contributed by atoms with Crippen molar-refractivity contribution in [3.05, 3.63) is 91.0 Å². The first-order valence-corrected chi connectivity index (χ1v) is 12.3. The molecule has 0 saturated carbocycles. The van der Waals surface area contributed by atoms with Crippen LogP contribution < -0.4 is 19.7 Å². The number of hydrogen-bond acceptors (Lipinski definition) is 8. The fourth-order valence-corrected chi connectivity index (χ4v) is 4.39. The van der Waals surface area contributed by atoms with Crippen molar-refractivity contribution < 1.29 is 33.9 Å². The fraction of sp³-hybridized carbons (Fsp3) is 0.115. The summed E-state index contributed by atoms with van der Waals surface area (Å²) in [7, 11) is 0. The summed E-state index contributed by atoms with van der Waals surface area (Å²) in [6.45, 7) is 2.23. The molecule has 38 heavy (non-hydrogen) atoms. The highest BCUT2D eigenvalue weighted by atomic mass is 127. The Balaban J connectivity index is 1.62. The van der Waals surface area contributed by atoms with Crippen LogP contribution in [0.2, 0.25) is 0 Å². The zero-order chi connectivity index (χ0) is 27.4. The van der Waals surface area contributed by atoms with Gasteiger partial charge in [0.15, 0.2) is 11.5 Å². The van der Waals surface area contributed by atoms with E-state index in [1.807, 2.05) is 22.6 Å². The summed E-state index contributed by atoms with van der Waals surface area (Å²) in [5.74, 6) is -0.923. The zero-order valence-electron chi connectivity index (χ0n) is 19.8. The van der Waals surface area contributed by atoms with Gasteiger partial charge in [-0.05, 0) is 95.2 Å². The predicted octanol–water partition coefficient (Wildman–Crippen LogP) is 4.55. The maximum atomic E-state index is 13.1. The molecule has 3 aromatic rings. The van der Waals surface area contributed by atoms with E-state index in [1.165, 1.54) is 42.5 Å². The topological polar surface area (TPSA) is 148 Å². The van der Waals surface area contributed by atoms with E-state index in [2.05, 4.69) is 5.32 Å². The Kier molecular flexibility index (Phi) is 7.90. The van der Waals surface area contributed by atoms with Crippen molar-refractivity contribution >= 4 is 57.9 Å². The molecule has 4 amide bonds. The maximum absolute atomic E-state index is 13.1. The first-order chi connectivity index (χ1) is 18.2. The number of nitrogens with one attached hydrogen (secondary N) is 1. The van der Waals surface area contributed by atoms with Gasteiger partial charge in [-0.3, -0.25) is 25.0 Å². The maximum Gasteiger partial charge on any atom is 0.335 e. The van der Waals surface area contributed by atoms with Gasteiger partial charge in [0.25, 0.3) is 17.5 Å². The SMILES string of the molecule is CCOc1cc(/C=C2\C(=O)NC(=O)N(c3ccc(O)cc3)C2=O)cc(I)c1OCc1ccc([N+](=O)[O-])cc1. The van der Waals surface area contributed by atoms with Gasteiger partial charge in [-0.1, -0.05) is 0 Å². The molecule has 2 N–H and O–H groups in total. The number of nitro groups is 1. The number of phenolic OH excluding ortho intramolecular Hbond substituents is 1. The van der Waals surface area contributed by atoms with Gasteiger partial charge in [0.1, 0.15) is 17.9 Å². The second-order valence-corrected chi connectivity index (χ2v) is 9.11. The molecule has 0 aliphatic carbocycles. The Hall–Kier alpha value is -4.46. The summed E-state index contributed by atoms with van der Waals surface area (Å²) in [4.78, 5) is 49.3. The number of phenols is 1. The molecule has 1 heterocycles. The molecule has 11 nitrogen and oxygen atoms in total. The third-order valence-corrected chi connectivity index (χ3v) is 6.18. The van der Waals surface area contributed by atoms with Crippen LogP contribution in [0.4, 0.5) is 16.2 Å². The standard InChI is InChI=1S/C26H20IN3O8/c1-2-37-22-13-16(12-21(27)23(22)38-14-15-3-5-18(6-4-15)30(35)36)11-20-24(32)28-26(34)29(25(20)33)17-7-9-19(31)10-8-17/h3-13,31H,2,14H2,1H3,(H,28,32,34)/b20-11+. The number of imide groups is 2. The highest BCUT2D eigenvalue weighted by Gasteiger charge is 2.36. The molecule has 1 aliphatic heterocycles. The van der Waals surface area contributed by atoms with Crippen molar-refractivity contribution in [1.82, 2.24) is 5.32 Å². The number of ether oxygens (including phenoxy) is 2. The Morgan fingerprint density at radius 3 is 2.37 bits per heavy atom. The Morgan fingerprint density at radius 2 is 1.74 bits per heavy atom. The molecule has 0 atom stereocenters. The number of nitrogens with zero attached hydrogens (tertiary/aromatic N) is 2. The summed E-state index contributed by atoms with van der Waals surface area (Å²) in [6.07, 6.45) is 1.35. The summed E-state index contributed by atoms with van der Waals surface area (Å²) < 4.78 is 12.3. The Morgan fingerprint density at radius 1 is 1.05 bits per heavy atom. The molecular formula is C26H20IN3O8. The van der Waals surface area contributed by atoms with Gasteiger partial charge in [-0.25, -0.2) is 9.69 Å². The number of carbonyl (C=O) groups is 3. The van der Waals surface area contributed by atoms with Crippen LogP contribution in [0.1, 0.15) is 18.1 Å². The van der Waals surface area contributed by atoms with E-state index in [4.69, 9.17) is 9.47 Å². The lowest BCUT2D eigenvalue weighted by molar-refractivity contribution is -0.384. The highest BCUT2D eigenvalue weighted by molar-refractivity contribution is 14.1. The molecule has 0 unspecified atom stereocenters. The van der Waals surface area contributed by atoms with E-state index < -0.39 is 22.8 Å². The predicted molar refractivity (Wildman–Crippen MR) is 145 cm³/mol. The van der Waals surface area contributed by atoms with Crippen LogP contribution in [-0.2, 0) is 16.2 Å². The van der Waals surface area contributed by atoms with Crippen LogP contribution in [0.15, 0.2) is 66.2 Å².